The molecular formula is C9H16N2O2. The van der Waals surface area contributed by atoms with Crippen molar-refractivity contribution in [1.82, 2.24) is 10.2 Å². The number of amides is 1. The van der Waals surface area contributed by atoms with Gasteiger partial charge in [0.1, 0.15) is 0 Å². The van der Waals surface area contributed by atoms with E-state index in [-0.39, 0.29) is 0 Å². The van der Waals surface area contributed by atoms with Gasteiger partial charge in [-0.05, 0) is 31.7 Å². The lowest BCUT2D eigenvalue weighted by Gasteiger charge is -2.36. The van der Waals surface area contributed by atoms with E-state index in [4.69, 9.17) is 5.11 Å². The molecule has 3 atom stereocenters. The summed E-state index contributed by atoms with van der Waals surface area (Å²) in [4.78, 5) is 12.3. The maximum atomic E-state index is 10.8. The number of hydrogen-bond donors (Lipinski definition) is 2. The molecule has 4 heteroatoms. The SMILES string of the molecule is CNC1[C@@H]2CC[C@H]1CN(C(=O)O)C2. The molecule has 1 amide bonds. The van der Waals surface area contributed by atoms with Crippen molar-refractivity contribution in [3.05, 3.63) is 0 Å². The van der Waals surface area contributed by atoms with E-state index < -0.39 is 6.09 Å². The van der Waals surface area contributed by atoms with Crippen LogP contribution in [0.1, 0.15) is 12.8 Å². The fraction of sp³-hybridized carbons (Fsp3) is 0.889. The van der Waals surface area contributed by atoms with Gasteiger partial charge < -0.3 is 15.3 Å². The second-order valence-corrected chi connectivity index (χ2v) is 4.10. The van der Waals surface area contributed by atoms with E-state index in [1.807, 2.05) is 7.05 Å². The molecule has 0 aromatic heterocycles. The number of nitrogens with one attached hydrogen (secondary N) is 1. The van der Waals surface area contributed by atoms with Crippen molar-refractivity contribution in [2.75, 3.05) is 20.1 Å². The summed E-state index contributed by atoms with van der Waals surface area (Å²) < 4.78 is 0. The second-order valence-electron chi connectivity index (χ2n) is 4.10. The first-order valence-electron chi connectivity index (χ1n) is 4.87. The monoisotopic (exact) mass is 184 g/mol. The first-order valence-corrected chi connectivity index (χ1v) is 4.87. The largest absolute Gasteiger partial charge is 0.465 e. The van der Waals surface area contributed by atoms with Crippen LogP contribution in [0, 0.1) is 11.8 Å². The predicted octanol–water partition coefficient (Wildman–Crippen LogP) is 0.594. The topological polar surface area (TPSA) is 52.6 Å². The minimum Gasteiger partial charge on any atom is -0.465 e. The van der Waals surface area contributed by atoms with Gasteiger partial charge in [0.25, 0.3) is 0 Å². The molecule has 4 nitrogen and oxygen atoms in total. The normalized spacial score (nSPS) is 37.9. The molecule has 2 N–H and O–H groups in total. The fourth-order valence-electron chi connectivity index (χ4n) is 2.85. The van der Waals surface area contributed by atoms with Gasteiger partial charge in [0, 0.05) is 19.1 Å². The smallest absolute Gasteiger partial charge is 0.407 e. The predicted molar refractivity (Wildman–Crippen MR) is 48.7 cm³/mol. The molecule has 2 fully saturated rings. The van der Waals surface area contributed by atoms with Crippen LogP contribution in [0.4, 0.5) is 4.79 Å². The minimum atomic E-state index is -0.758. The van der Waals surface area contributed by atoms with Crippen molar-refractivity contribution >= 4 is 6.09 Å². The van der Waals surface area contributed by atoms with Crippen molar-refractivity contribution in [3.8, 4) is 0 Å². The van der Waals surface area contributed by atoms with Crippen molar-refractivity contribution in [1.29, 1.82) is 0 Å². The second kappa shape index (κ2) is 3.18. The van der Waals surface area contributed by atoms with E-state index in [1.54, 1.807) is 4.90 Å². The molecule has 0 aromatic rings. The third-order valence-corrected chi connectivity index (χ3v) is 3.44. The Morgan fingerprint density at radius 3 is 2.31 bits per heavy atom. The van der Waals surface area contributed by atoms with E-state index >= 15 is 0 Å². The average molecular weight is 184 g/mol. The molecule has 1 aliphatic carbocycles. The molecule has 1 saturated carbocycles. The van der Waals surface area contributed by atoms with E-state index in [2.05, 4.69) is 5.32 Å². The highest BCUT2D eigenvalue weighted by molar-refractivity contribution is 5.65. The van der Waals surface area contributed by atoms with Crippen molar-refractivity contribution in [2.24, 2.45) is 11.8 Å². The summed E-state index contributed by atoms with van der Waals surface area (Å²) in [5.74, 6) is 1.08. The molecule has 1 aliphatic heterocycles. The third-order valence-electron chi connectivity index (χ3n) is 3.44. The van der Waals surface area contributed by atoms with Gasteiger partial charge in [-0.15, -0.1) is 0 Å². The van der Waals surface area contributed by atoms with Crippen LogP contribution in [0.2, 0.25) is 0 Å². The quantitative estimate of drug-likeness (QED) is 0.627. The Balaban J connectivity index is 2.06. The number of nitrogens with zero attached hydrogens (tertiary/aromatic N) is 1. The summed E-state index contributed by atoms with van der Waals surface area (Å²) in [5, 5.41) is 12.2. The number of carboxylic acid groups (broad SMARTS) is 1. The number of fused-ring (bicyclic) bond motifs is 2. The standard InChI is InChI=1S/C9H16N2O2/c1-10-8-6-2-3-7(8)5-11(4-6)9(12)13/h6-8,10H,2-5H2,1H3,(H,12,13)/t6-,7+,8?. The number of likely N-dealkylation sites (tertiary alicyclic amines) is 1. The highest BCUT2D eigenvalue weighted by Crippen LogP contribution is 2.36. The van der Waals surface area contributed by atoms with Crippen LogP contribution < -0.4 is 5.32 Å². The lowest BCUT2D eigenvalue weighted by Crippen LogP contribution is -2.51. The summed E-state index contributed by atoms with van der Waals surface area (Å²) in [6, 6.07) is 0.551. The molecule has 0 radical (unpaired) electrons. The first kappa shape index (κ1) is 8.81. The molecule has 0 aromatic carbocycles. The van der Waals surface area contributed by atoms with Crippen LogP contribution in [0.15, 0.2) is 0 Å². The van der Waals surface area contributed by atoms with Gasteiger partial charge in [0.15, 0.2) is 0 Å². The molecule has 2 aliphatic rings. The van der Waals surface area contributed by atoms with E-state index in [0.29, 0.717) is 17.9 Å². The van der Waals surface area contributed by atoms with Gasteiger partial charge >= 0.3 is 6.09 Å². The molecule has 1 saturated heterocycles. The zero-order valence-corrected chi connectivity index (χ0v) is 7.86. The molecule has 2 rings (SSSR count). The molecule has 1 unspecified atom stereocenters. The molecule has 0 spiro atoms. The summed E-state index contributed by atoms with van der Waals surface area (Å²) in [6.07, 6.45) is 1.60. The maximum absolute atomic E-state index is 10.8. The van der Waals surface area contributed by atoms with Crippen molar-refractivity contribution < 1.29 is 9.90 Å². The highest BCUT2D eigenvalue weighted by Gasteiger charge is 2.42. The van der Waals surface area contributed by atoms with Crippen molar-refractivity contribution in [2.45, 2.75) is 18.9 Å². The molecular weight excluding hydrogens is 168 g/mol. The maximum Gasteiger partial charge on any atom is 0.407 e. The Bertz CT molecular complexity index is 206. The van der Waals surface area contributed by atoms with E-state index in [1.165, 1.54) is 12.8 Å². The summed E-state index contributed by atoms with van der Waals surface area (Å²) in [6.45, 7) is 1.44. The lowest BCUT2D eigenvalue weighted by molar-refractivity contribution is 0.103. The zero-order valence-electron chi connectivity index (χ0n) is 7.86. The van der Waals surface area contributed by atoms with Gasteiger partial charge in [0.2, 0.25) is 0 Å². The van der Waals surface area contributed by atoms with E-state index in [9.17, 15) is 4.79 Å². The highest BCUT2D eigenvalue weighted by atomic mass is 16.4. The number of piperidine rings is 1. The number of rotatable bonds is 1. The lowest BCUT2D eigenvalue weighted by atomic mass is 9.93. The molecule has 1 heterocycles. The van der Waals surface area contributed by atoms with Crippen LogP contribution in [0.5, 0.6) is 0 Å². The van der Waals surface area contributed by atoms with Gasteiger partial charge in [-0.3, -0.25) is 0 Å². The Morgan fingerprint density at radius 2 is 1.92 bits per heavy atom. The van der Waals surface area contributed by atoms with Gasteiger partial charge in [0.05, 0.1) is 0 Å². The fourth-order valence-corrected chi connectivity index (χ4v) is 2.85. The van der Waals surface area contributed by atoms with Crippen molar-refractivity contribution in [3.63, 3.8) is 0 Å². The number of hydrogen-bond acceptors (Lipinski definition) is 2. The van der Waals surface area contributed by atoms with E-state index in [0.717, 1.165) is 13.1 Å². The Hall–Kier alpha value is -0.770. The zero-order chi connectivity index (χ0) is 9.42. The van der Waals surface area contributed by atoms with Crippen LogP contribution >= 0.6 is 0 Å². The van der Waals surface area contributed by atoms with Crippen LogP contribution in [0.25, 0.3) is 0 Å². The van der Waals surface area contributed by atoms with Crippen LogP contribution in [-0.4, -0.2) is 42.3 Å². The Morgan fingerprint density at radius 1 is 1.38 bits per heavy atom. The van der Waals surface area contributed by atoms with Gasteiger partial charge in [-0.1, -0.05) is 0 Å². The van der Waals surface area contributed by atoms with Crippen LogP contribution in [-0.2, 0) is 0 Å². The Kier molecular flexibility index (Phi) is 2.15. The first-order chi connectivity index (χ1) is 6.22. The molecule has 13 heavy (non-hydrogen) atoms. The number of carbonyl (C=O) groups is 1. The Labute approximate surface area is 77.9 Å². The van der Waals surface area contributed by atoms with Gasteiger partial charge in [-0.25, -0.2) is 4.79 Å². The summed E-state index contributed by atoms with van der Waals surface area (Å²) >= 11 is 0. The average Bonchev–Trinajstić information content (AvgIpc) is 2.34. The molecule has 2 bridgehead atoms. The van der Waals surface area contributed by atoms with Crippen LogP contribution in [0.3, 0.4) is 0 Å². The molecule has 74 valence electrons. The third kappa shape index (κ3) is 1.39. The summed E-state index contributed by atoms with van der Waals surface area (Å²) in [7, 11) is 1.98. The summed E-state index contributed by atoms with van der Waals surface area (Å²) in [5.41, 5.74) is 0. The minimum absolute atomic E-state index is 0.542. The van der Waals surface area contributed by atoms with Gasteiger partial charge in [-0.2, -0.15) is 0 Å².